The quantitative estimate of drug-likeness (QED) is 0.873. The molecule has 6 nitrogen and oxygen atoms in total. The van der Waals surface area contributed by atoms with E-state index in [2.05, 4.69) is 47.2 Å². The molecule has 0 aliphatic rings. The van der Waals surface area contributed by atoms with Crippen molar-refractivity contribution in [3.8, 4) is 0 Å². The zero-order valence-electron chi connectivity index (χ0n) is 10.7. The smallest absolute Gasteiger partial charge is 0.275 e. The van der Waals surface area contributed by atoms with Crippen LogP contribution in [0.2, 0.25) is 0 Å². The van der Waals surface area contributed by atoms with E-state index in [9.17, 15) is 4.79 Å². The Bertz CT molecular complexity index is 619. The molecule has 8 heteroatoms. The fraction of sp³-hybridized carbons (Fsp3) is 0.364. The van der Waals surface area contributed by atoms with E-state index in [0.717, 1.165) is 11.3 Å². The zero-order chi connectivity index (χ0) is 14.2. The van der Waals surface area contributed by atoms with Gasteiger partial charge in [0.25, 0.3) is 5.91 Å². The van der Waals surface area contributed by atoms with Crippen LogP contribution in [0.15, 0.2) is 15.3 Å². The molecule has 2 heterocycles. The molecule has 1 amide bonds. The molecule has 0 bridgehead atoms. The highest BCUT2D eigenvalue weighted by Gasteiger charge is 2.21. The molecule has 0 fully saturated rings. The second-order valence-corrected chi connectivity index (χ2v) is 5.83. The summed E-state index contributed by atoms with van der Waals surface area (Å²) in [6.07, 6.45) is 1.77. The summed E-state index contributed by atoms with van der Waals surface area (Å²) in [6, 6.07) is 0. The van der Waals surface area contributed by atoms with E-state index in [4.69, 9.17) is 0 Å². The van der Waals surface area contributed by atoms with E-state index < -0.39 is 0 Å². The summed E-state index contributed by atoms with van der Waals surface area (Å²) >= 11 is 6.58. The Morgan fingerprint density at radius 3 is 2.68 bits per heavy atom. The summed E-state index contributed by atoms with van der Waals surface area (Å²) in [6.45, 7) is 2.47. The van der Waals surface area contributed by atoms with Gasteiger partial charge in [0, 0.05) is 31.9 Å². The second-order valence-electron chi connectivity index (χ2n) is 4.24. The molecule has 0 aliphatic carbocycles. The van der Waals surface area contributed by atoms with Gasteiger partial charge in [-0.2, -0.15) is 10.2 Å². The van der Waals surface area contributed by atoms with Gasteiger partial charge in [-0.15, -0.1) is 0 Å². The highest BCUT2D eigenvalue weighted by molar-refractivity contribution is 9.13. The van der Waals surface area contributed by atoms with Crippen LogP contribution in [0.5, 0.6) is 0 Å². The minimum absolute atomic E-state index is 0.155. The van der Waals surface area contributed by atoms with E-state index in [-0.39, 0.29) is 5.91 Å². The molecule has 0 aromatic carbocycles. The molecule has 2 aromatic heterocycles. The molecule has 102 valence electrons. The number of aryl methyl sites for hydroxylation is 1. The topological polar surface area (TPSA) is 66.8 Å². The van der Waals surface area contributed by atoms with Crippen molar-refractivity contribution in [2.24, 2.45) is 7.05 Å². The highest BCUT2D eigenvalue weighted by Crippen LogP contribution is 2.25. The van der Waals surface area contributed by atoms with E-state index in [1.165, 1.54) is 0 Å². The predicted molar refractivity (Wildman–Crippen MR) is 77.7 cm³/mol. The van der Waals surface area contributed by atoms with Gasteiger partial charge >= 0.3 is 0 Å². The fourth-order valence-electron chi connectivity index (χ4n) is 1.66. The van der Waals surface area contributed by atoms with Crippen molar-refractivity contribution >= 4 is 37.8 Å². The summed E-state index contributed by atoms with van der Waals surface area (Å²) in [4.78, 5) is 13.9. The monoisotopic (exact) mass is 389 g/mol. The third-order valence-electron chi connectivity index (χ3n) is 2.96. The van der Waals surface area contributed by atoms with Crippen molar-refractivity contribution in [1.82, 2.24) is 24.9 Å². The molecular formula is C11H13Br2N5O. The SMILES string of the molecule is Cc1c(CN(C)C(=O)c2n[nH]c(Br)c2Br)cnn1C. The maximum atomic E-state index is 12.3. The van der Waals surface area contributed by atoms with Gasteiger partial charge in [0.2, 0.25) is 0 Å². The van der Waals surface area contributed by atoms with Crippen LogP contribution in [0.1, 0.15) is 21.7 Å². The van der Waals surface area contributed by atoms with E-state index in [1.54, 1.807) is 22.8 Å². The second kappa shape index (κ2) is 5.46. The predicted octanol–water partition coefficient (Wildman–Crippen LogP) is 2.25. The Hall–Kier alpha value is -1.15. The van der Waals surface area contributed by atoms with Gasteiger partial charge in [-0.1, -0.05) is 0 Å². The first-order valence-corrected chi connectivity index (χ1v) is 7.12. The lowest BCUT2D eigenvalue weighted by atomic mass is 10.2. The number of aromatic amines is 1. The molecule has 0 aliphatic heterocycles. The molecule has 2 aromatic rings. The first kappa shape index (κ1) is 14.3. The van der Waals surface area contributed by atoms with Crippen molar-refractivity contribution in [1.29, 1.82) is 0 Å². The molecule has 0 atom stereocenters. The fourth-order valence-corrected chi connectivity index (χ4v) is 2.28. The largest absolute Gasteiger partial charge is 0.336 e. The van der Waals surface area contributed by atoms with Gasteiger partial charge in [-0.3, -0.25) is 14.6 Å². The molecule has 0 unspecified atom stereocenters. The summed E-state index contributed by atoms with van der Waals surface area (Å²) < 4.78 is 3.07. The number of H-pyrrole nitrogens is 1. The number of rotatable bonds is 3. The van der Waals surface area contributed by atoms with E-state index in [0.29, 0.717) is 21.3 Å². The standard InChI is InChI=1S/C11H13Br2N5O/c1-6-7(4-14-18(6)3)5-17(2)11(19)9-8(12)10(13)16-15-9/h4H,5H2,1-3H3,(H,15,16). The van der Waals surface area contributed by atoms with Crippen LogP contribution in [-0.2, 0) is 13.6 Å². The molecule has 0 radical (unpaired) electrons. The molecule has 0 spiro atoms. The van der Waals surface area contributed by atoms with Crippen molar-refractivity contribution in [3.63, 3.8) is 0 Å². The number of nitrogens with zero attached hydrogens (tertiary/aromatic N) is 4. The Kier molecular flexibility index (Phi) is 4.10. The number of aromatic nitrogens is 4. The lowest BCUT2D eigenvalue weighted by molar-refractivity contribution is 0.0778. The molecular weight excluding hydrogens is 378 g/mol. The number of carbonyl (C=O) groups is 1. The first-order chi connectivity index (χ1) is 8.91. The van der Waals surface area contributed by atoms with Crippen LogP contribution in [0.4, 0.5) is 0 Å². The number of amides is 1. The van der Waals surface area contributed by atoms with Crippen molar-refractivity contribution in [2.75, 3.05) is 7.05 Å². The maximum Gasteiger partial charge on any atom is 0.275 e. The first-order valence-electron chi connectivity index (χ1n) is 5.54. The summed E-state index contributed by atoms with van der Waals surface area (Å²) in [5.41, 5.74) is 2.42. The molecule has 0 saturated carbocycles. The van der Waals surface area contributed by atoms with Gasteiger partial charge in [-0.05, 0) is 38.8 Å². The lowest BCUT2D eigenvalue weighted by Gasteiger charge is -2.15. The Balaban J connectivity index is 2.16. The molecule has 2 rings (SSSR count). The van der Waals surface area contributed by atoms with Crippen LogP contribution in [0.3, 0.4) is 0 Å². The van der Waals surface area contributed by atoms with Crippen LogP contribution < -0.4 is 0 Å². The van der Waals surface area contributed by atoms with Crippen molar-refractivity contribution < 1.29 is 4.79 Å². The summed E-state index contributed by atoms with van der Waals surface area (Å²) in [5.74, 6) is -0.155. The van der Waals surface area contributed by atoms with Crippen LogP contribution in [0.25, 0.3) is 0 Å². The van der Waals surface area contributed by atoms with Crippen molar-refractivity contribution in [2.45, 2.75) is 13.5 Å². The third-order valence-corrected chi connectivity index (χ3v) is 4.84. The minimum atomic E-state index is -0.155. The van der Waals surface area contributed by atoms with E-state index >= 15 is 0 Å². The average Bonchev–Trinajstić information content (AvgIpc) is 2.87. The third kappa shape index (κ3) is 2.74. The number of nitrogens with one attached hydrogen (secondary N) is 1. The minimum Gasteiger partial charge on any atom is -0.336 e. The van der Waals surface area contributed by atoms with Gasteiger partial charge in [-0.25, -0.2) is 0 Å². The van der Waals surface area contributed by atoms with Crippen LogP contribution >= 0.6 is 31.9 Å². The van der Waals surface area contributed by atoms with Gasteiger partial charge in [0.1, 0.15) is 4.60 Å². The van der Waals surface area contributed by atoms with Crippen LogP contribution in [0, 0.1) is 6.92 Å². The van der Waals surface area contributed by atoms with Gasteiger partial charge < -0.3 is 4.90 Å². The normalized spacial score (nSPS) is 10.8. The summed E-state index contributed by atoms with van der Waals surface area (Å²) in [7, 11) is 3.62. The highest BCUT2D eigenvalue weighted by atomic mass is 79.9. The Labute approximate surface area is 127 Å². The Morgan fingerprint density at radius 2 is 2.21 bits per heavy atom. The maximum absolute atomic E-state index is 12.3. The zero-order valence-corrected chi connectivity index (χ0v) is 13.9. The molecule has 1 N–H and O–H groups in total. The van der Waals surface area contributed by atoms with E-state index in [1.807, 2.05) is 14.0 Å². The number of halogens is 2. The Morgan fingerprint density at radius 1 is 1.53 bits per heavy atom. The molecule has 0 saturated heterocycles. The average molecular weight is 391 g/mol. The number of hydrogen-bond donors (Lipinski definition) is 1. The number of hydrogen-bond acceptors (Lipinski definition) is 3. The summed E-state index contributed by atoms with van der Waals surface area (Å²) in [5, 5.41) is 10.8. The van der Waals surface area contributed by atoms with Gasteiger partial charge in [0.05, 0.1) is 10.7 Å². The van der Waals surface area contributed by atoms with Gasteiger partial charge in [0.15, 0.2) is 5.69 Å². The van der Waals surface area contributed by atoms with Crippen LogP contribution in [-0.4, -0.2) is 37.8 Å². The lowest BCUT2D eigenvalue weighted by Crippen LogP contribution is -2.27. The van der Waals surface area contributed by atoms with Crippen molar-refractivity contribution in [3.05, 3.63) is 32.2 Å². The number of carbonyl (C=O) groups excluding carboxylic acids is 1. The molecule has 19 heavy (non-hydrogen) atoms.